The van der Waals surface area contributed by atoms with Gasteiger partial charge in [-0.05, 0) is 37.1 Å². The summed E-state index contributed by atoms with van der Waals surface area (Å²) in [5, 5.41) is 9.10. The number of carbonyl (C=O) groups is 1. The van der Waals surface area contributed by atoms with E-state index in [1.807, 2.05) is 19.0 Å². The fourth-order valence-electron chi connectivity index (χ4n) is 2.33. The largest absolute Gasteiger partial charge is 0.480 e. The monoisotopic (exact) mass is 298 g/mol. The molecule has 110 valence electrons. The summed E-state index contributed by atoms with van der Waals surface area (Å²) in [6, 6.07) is 5.50. The minimum atomic E-state index is -3.74. The van der Waals surface area contributed by atoms with Crippen LogP contribution in [0.25, 0.3) is 0 Å². The summed E-state index contributed by atoms with van der Waals surface area (Å²) >= 11 is 0. The maximum Gasteiger partial charge on any atom is 0.322 e. The maximum atomic E-state index is 12.5. The normalized spacial score (nSPS) is 20.0. The lowest BCUT2D eigenvalue weighted by Gasteiger charge is -2.21. The molecule has 7 heteroatoms. The van der Waals surface area contributed by atoms with E-state index in [-0.39, 0.29) is 11.4 Å². The lowest BCUT2D eigenvalue weighted by atomic mass is 10.2. The molecule has 0 radical (unpaired) electrons. The summed E-state index contributed by atoms with van der Waals surface area (Å²) in [6.45, 7) is 0.259. The number of rotatable bonds is 4. The average molecular weight is 298 g/mol. The summed E-state index contributed by atoms with van der Waals surface area (Å²) < 4.78 is 26.0. The van der Waals surface area contributed by atoms with Crippen LogP contribution < -0.4 is 4.90 Å². The van der Waals surface area contributed by atoms with Gasteiger partial charge in [-0.15, -0.1) is 0 Å². The Bertz CT molecular complexity index is 595. The van der Waals surface area contributed by atoms with Crippen molar-refractivity contribution in [1.82, 2.24) is 4.31 Å². The van der Waals surface area contributed by atoms with Gasteiger partial charge in [0, 0.05) is 26.3 Å². The van der Waals surface area contributed by atoms with Crippen molar-refractivity contribution >= 4 is 21.7 Å². The predicted octanol–water partition coefficient (Wildman–Crippen LogP) is 0.990. The van der Waals surface area contributed by atoms with E-state index in [9.17, 15) is 13.2 Å². The van der Waals surface area contributed by atoms with Gasteiger partial charge in [0.25, 0.3) is 0 Å². The van der Waals surface area contributed by atoms with E-state index in [1.54, 1.807) is 12.1 Å². The van der Waals surface area contributed by atoms with Crippen molar-refractivity contribution in [3.63, 3.8) is 0 Å². The molecule has 1 aromatic carbocycles. The second kappa shape index (κ2) is 5.41. The van der Waals surface area contributed by atoms with Crippen LogP contribution >= 0.6 is 0 Å². The molecular formula is C13H18N2O4S. The van der Waals surface area contributed by atoms with Crippen LogP contribution in [0.15, 0.2) is 29.2 Å². The Morgan fingerprint density at radius 2 is 1.90 bits per heavy atom. The zero-order chi connectivity index (χ0) is 14.9. The average Bonchev–Trinajstić information content (AvgIpc) is 2.89. The zero-order valence-electron chi connectivity index (χ0n) is 11.5. The van der Waals surface area contributed by atoms with E-state index < -0.39 is 22.0 Å². The number of hydrogen-bond acceptors (Lipinski definition) is 4. The van der Waals surface area contributed by atoms with Crippen LogP contribution in [0, 0.1) is 0 Å². The van der Waals surface area contributed by atoms with E-state index in [0.717, 1.165) is 9.99 Å². The molecule has 0 spiro atoms. The van der Waals surface area contributed by atoms with Crippen LogP contribution in [0.1, 0.15) is 12.8 Å². The van der Waals surface area contributed by atoms with Crippen molar-refractivity contribution in [2.24, 2.45) is 0 Å². The number of sulfonamides is 1. The van der Waals surface area contributed by atoms with Crippen molar-refractivity contribution < 1.29 is 18.3 Å². The SMILES string of the molecule is CN(C)c1ccc(S(=O)(=O)N2CCCC2C(=O)O)cc1. The maximum absolute atomic E-state index is 12.5. The van der Waals surface area contributed by atoms with Crippen LogP contribution in [0.4, 0.5) is 5.69 Å². The molecule has 20 heavy (non-hydrogen) atoms. The van der Waals surface area contributed by atoms with Gasteiger partial charge in [-0.3, -0.25) is 4.79 Å². The van der Waals surface area contributed by atoms with Gasteiger partial charge < -0.3 is 10.0 Å². The van der Waals surface area contributed by atoms with Gasteiger partial charge >= 0.3 is 5.97 Å². The van der Waals surface area contributed by atoms with Crippen molar-refractivity contribution in [3.05, 3.63) is 24.3 Å². The Morgan fingerprint density at radius 1 is 1.30 bits per heavy atom. The van der Waals surface area contributed by atoms with E-state index in [2.05, 4.69) is 0 Å². The Balaban J connectivity index is 2.32. The number of benzene rings is 1. The second-order valence-electron chi connectivity index (χ2n) is 5.00. The molecule has 1 aromatic rings. The van der Waals surface area contributed by atoms with Gasteiger partial charge in [0.05, 0.1) is 4.90 Å². The summed E-state index contributed by atoms with van der Waals surface area (Å²) in [5.41, 5.74) is 0.889. The van der Waals surface area contributed by atoms with Crippen molar-refractivity contribution in [2.75, 3.05) is 25.5 Å². The van der Waals surface area contributed by atoms with Crippen molar-refractivity contribution in [3.8, 4) is 0 Å². The quantitative estimate of drug-likeness (QED) is 0.897. The smallest absolute Gasteiger partial charge is 0.322 e. The minimum absolute atomic E-state index is 0.135. The van der Waals surface area contributed by atoms with E-state index in [0.29, 0.717) is 12.8 Å². The summed E-state index contributed by atoms with van der Waals surface area (Å²) in [7, 11) is -0.0103. The third-order valence-corrected chi connectivity index (χ3v) is 5.37. The fraction of sp³-hybridized carbons (Fsp3) is 0.462. The molecule has 0 aromatic heterocycles. The molecule has 1 saturated heterocycles. The summed E-state index contributed by atoms with van der Waals surface area (Å²) in [4.78, 5) is 13.1. The molecule has 1 aliphatic rings. The Labute approximate surface area is 118 Å². The topological polar surface area (TPSA) is 77.9 Å². The first-order valence-corrected chi connectivity index (χ1v) is 7.80. The molecule has 0 amide bonds. The minimum Gasteiger partial charge on any atom is -0.480 e. The molecule has 1 N–H and O–H groups in total. The lowest BCUT2D eigenvalue weighted by molar-refractivity contribution is -0.140. The standard InChI is InChI=1S/C13H18N2O4S/c1-14(2)10-5-7-11(8-6-10)20(18,19)15-9-3-4-12(15)13(16)17/h5-8,12H,3-4,9H2,1-2H3,(H,16,17). The number of carboxylic acid groups (broad SMARTS) is 1. The van der Waals surface area contributed by atoms with E-state index in [1.165, 1.54) is 12.1 Å². The van der Waals surface area contributed by atoms with Crippen LogP contribution in [-0.2, 0) is 14.8 Å². The Hall–Kier alpha value is -1.60. The number of carboxylic acids is 1. The number of hydrogen-bond donors (Lipinski definition) is 1. The first-order valence-electron chi connectivity index (χ1n) is 6.36. The number of nitrogens with zero attached hydrogens (tertiary/aromatic N) is 2. The first kappa shape index (κ1) is 14.8. The van der Waals surface area contributed by atoms with Crippen LogP contribution in [-0.4, -0.2) is 50.5 Å². The Morgan fingerprint density at radius 3 is 2.40 bits per heavy atom. The van der Waals surface area contributed by atoms with Gasteiger partial charge in [0.2, 0.25) is 10.0 Å². The third-order valence-electron chi connectivity index (χ3n) is 3.45. The van der Waals surface area contributed by atoms with Gasteiger partial charge in [0.1, 0.15) is 6.04 Å². The molecular weight excluding hydrogens is 280 g/mol. The number of anilines is 1. The van der Waals surface area contributed by atoms with Crippen LogP contribution in [0.3, 0.4) is 0 Å². The first-order chi connectivity index (χ1) is 9.34. The van der Waals surface area contributed by atoms with Gasteiger partial charge in [-0.25, -0.2) is 8.42 Å². The molecule has 1 unspecified atom stereocenters. The van der Waals surface area contributed by atoms with E-state index in [4.69, 9.17) is 5.11 Å². The molecule has 0 aliphatic carbocycles. The molecule has 1 aliphatic heterocycles. The highest BCUT2D eigenvalue weighted by Gasteiger charge is 2.39. The summed E-state index contributed by atoms with van der Waals surface area (Å²) in [6.07, 6.45) is 0.941. The van der Waals surface area contributed by atoms with Crippen molar-refractivity contribution in [1.29, 1.82) is 0 Å². The van der Waals surface area contributed by atoms with Crippen LogP contribution in [0.5, 0.6) is 0 Å². The predicted molar refractivity (Wildman–Crippen MR) is 75.3 cm³/mol. The molecule has 0 bridgehead atoms. The van der Waals surface area contributed by atoms with E-state index >= 15 is 0 Å². The molecule has 2 rings (SSSR count). The zero-order valence-corrected chi connectivity index (χ0v) is 12.3. The second-order valence-corrected chi connectivity index (χ2v) is 6.89. The molecule has 0 saturated carbocycles. The van der Waals surface area contributed by atoms with Crippen molar-refractivity contribution in [2.45, 2.75) is 23.8 Å². The van der Waals surface area contributed by atoms with Gasteiger partial charge in [-0.2, -0.15) is 4.31 Å². The molecule has 1 fully saturated rings. The summed E-state index contributed by atoms with van der Waals surface area (Å²) in [5.74, 6) is -1.09. The Kier molecular flexibility index (Phi) is 4.01. The molecule has 6 nitrogen and oxygen atoms in total. The highest BCUT2D eigenvalue weighted by molar-refractivity contribution is 7.89. The fourth-order valence-corrected chi connectivity index (χ4v) is 3.98. The van der Waals surface area contributed by atoms with Gasteiger partial charge in [0.15, 0.2) is 0 Å². The van der Waals surface area contributed by atoms with Crippen LogP contribution in [0.2, 0.25) is 0 Å². The molecule has 1 atom stereocenters. The lowest BCUT2D eigenvalue weighted by Crippen LogP contribution is -2.40. The number of aliphatic carboxylic acids is 1. The highest BCUT2D eigenvalue weighted by atomic mass is 32.2. The highest BCUT2D eigenvalue weighted by Crippen LogP contribution is 2.27. The third kappa shape index (κ3) is 2.64. The van der Waals surface area contributed by atoms with Gasteiger partial charge in [-0.1, -0.05) is 0 Å². The molecule has 1 heterocycles.